The Kier molecular flexibility index (Phi) is 4.88. The monoisotopic (exact) mass is 260 g/mol. The molecule has 1 atom stereocenters. The molecule has 1 aliphatic rings. The molecule has 0 aliphatic carbocycles. The fraction of sp³-hybridized carbons (Fsp3) is 0.800. The Labute approximate surface area is 106 Å². The van der Waals surface area contributed by atoms with Crippen LogP contribution in [0.5, 0.6) is 0 Å². The molecule has 4 N–H and O–H groups in total. The molecular weight excluding hydrogens is 240 g/mol. The van der Waals surface area contributed by atoms with Gasteiger partial charge in [-0.25, -0.2) is 14.6 Å². The largest absolute Gasteiger partial charge is 0.479 e. The molecule has 18 heavy (non-hydrogen) atoms. The third kappa shape index (κ3) is 4.47. The lowest BCUT2D eigenvalue weighted by atomic mass is 10.1. The van der Waals surface area contributed by atoms with Gasteiger partial charge in [0, 0.05) is 26.2 Å². The summed E-state index contributed by atoms with van der Waals surface area (Å²) in [5, 5.41) is 22.2. The van der Waals surface area contributed by atoms with Crippen LogP contribution in [0.15, 0.2) is 0 Å². The summed E-state index contributed by atoms with van der Waals surface area (Å²) in [6.45, 7) is 3.91. The van der Waals surface area contributed by atoms with Gasteiger partial charge >= 0.3 is 12.0 Å². The number of carboxylic acids is 1. The quantitative estimate of drug-likeness (QED) is 0.479. The van der Waals surface area contributed by atoms with E-state index in [-0.39, 0.29) is 6.54 Å². The van der Waals surface area contributed by atoms with Crippen molar-refractivity contribution in [2.75, 3.05) is 39.8 Å². The SMILES string of the molecule is CN1CCN(NC(=O)NCC(C)(O)C(=O)O)CC1. The highest BCUT2D eigenvalue weighted by molar-refractivity contribution is 5.79. The van der Waals surface area contributed by atoms with Gasteiger partial charge in [0.2, 0.25) is 0 Å². The standard InChI is InChI=1S/C10H20N4O4/c1-10(18,8(15)16)7-11-9(17)12-14-5-3-13(2)4-6-14/h18H,3-7H2,1-2H3,(H,15,16)(H2,11,12,17). The van der Waals surface area contributed by atoms with Crippen LogP contribution < -0.4 is 10.7 Å². The second-order valence-electron chi connectivity index (χ2n) is 4.66. The van der Waals surface area contributed by atoms with Gasteiger partial charge in [-0.3, -0.25) is 5.43 Å². The lowest BCUT2D eigenvalue weighted by Crippen LogP contribution is -2.56. The average molecular weight is 260 g/mol. The van der Waals surface area contributed by atoms with Crippen LogP contribution in [0.4, 0.5) is 4.79 Å². The van der Waals surface area contributed by atoms with E-state index in [4.69, 9.17) is 5.11 Å². The first-order valence-corrected chi connectivity index (χ1v) is 5.75. The summed E-state index contributed by atoms with van der Waals surface area (Å²) in [6.07, 6.45) is 0. The van der Waals surface area contributed by atoms with Crippen LogP contribution >= 0.6 is 0 Å². The molecule has 1 aliphatic heterocycles. The van der Waals surface area contributed by atoms with E-state index in [1.54, 1.807) is 5.01 Å². The molecule has 104 valence electrons. The molecule has 0 spiro atoms. The van der Waals surface area contributed by atoms with Crippen LogP contribution in [0.2, 0.25) is 0 Å². The van der Waals surface area contributed by atoms with E-state index in [1.807, 2.05) is 7.05 Å². The van der Waals surface area contributed by atoms with Crippen molar-refractivity contribution in [3.05, 3.63) is 0 Å². The van der Waals surface area contributed by atoms with Gasteiger partial charge in [0.15, 0.2) is 5.60 Å². The minimum Gasteiger partial charge on any atom is -0.479 e. The Morgan fingerprint density at radius 2 is 1.83 bits per heavy atom. The number of nitrogens with zero attached hydrogens (tertiary/aromatic N) is 2. The van der Waals surface area contributed by atoms with E-state index in [0.717, 1.165) is 20.0 Å². The van der Waals surface area contributed by atoms with Crippen molar-refractivity contribution in [3.63, 3.8) is 0 Å². The smallest absolute Gasteiger partial charge is 0.337 e. The first-order chi connectivity index (χ1) is 8.31. The number of urea groups is 1. The highest BCUT2D eigenvalue weighted by Crippen LogP contribution is 2.00. The van der Waals surface area contributed by atoms with Crippen molar-refractivity contribution >= 4 is 12.0 Å². The van der Waals surface area contributed by atoms with Gasteiger partial charge in [0.05, 0.1) is 6.54 Å². The summed E-state index contributed by atoms with van der Waals surface area (Å²) in [5.74, 6) is -1.37. The Bertz CT molecular complexity index is 313. The number of hydrogen-bond acceptors (Lipinski definition) is 5. The third-order valence-corrected chi connectivity index (χ3v) is 2.82. The number of likely N-dealkylation sites (N-methyl/N-ethyl adjacent to an activating group) is 1. The molecule has 1 saturated heterocycles. The summed E-state index contributed by atoms with van der Waals surface area (Å²) >= 11 is 0. The van der Waals surface area contributed by atoms with Crippen LogP contribution in [0.3, 0.4) is 0 Å². The van der Waals surface area contributed by atoms with E-state index >= 15 is 0 Å². The molecule has 1 heterocycles. The zero-order chi connectivity index (χ0) is 13.8. The maximum Gasteiger partial charge on any atom is 0.337 e. The van der Waals surface area contributed by atoms with E-state index < -0.39 is 17.6 Å². The number of rotatable bonds is 4. The zero-order valence-corrected chi connectivity index (χ0v) is 10.6. The lowest BCUT2D eigenvalue weighted by Gasteiger charge is -2.32. The molecular formula is C10H20N4O4. The first kappa shape index (κ1) is 14.7. The van der Waals surface area contributed by atoms with Gasteiger partial charge in [-0.05, 0) is 14.0 Å². The number of carbonyl (C=O) groups excluding carboxylic acids is 1. The minimum atomic E-state index is -1.96. The number of hydrogen-bond donors (Lipinski definition) is 4. The van der Waals surface area contributed by atoms with E-state index in [0.29, 0.717) is 13.1 Å². The molecule has 0 aromatic rings. The second-order valence-corrected chi connectivity index (χ2v) is 4.66. The van der Waals surface area contributed by atoms with E-state index in [2.05, 4.69) is 15.6 Å². The summed E-state index contributed by atoms with van der Waals surface area (Å²) in [6, 6.07) is -0.513. The van der Waals surface area contributed by atoms with E-state index in [1.165, 1.54) is 0 Å². The summed E-state index contributed by atoms with van der Waals surface area (Å²) in [5.41, 5.74) is 0.645. The predicted molar refractivity (Wildman–Crippen MR) is 63.9 cm³/mol. The summed E-state index contributed by atoms with van der Waals surface area (Å²) < 4.78 is 0. The molecule has 0 saturated carbocycles. The highest BCUT2D eigenvalue weighted by atomic mass is 16.4. The number of amides is 2. The molecule has 0 radical (unpaired) electrons. The van der Waals surface area contributed by atoms with Crippen LogP contribution in [0.1, 0.15) is 6.92 Å². The summed E-state index contributed by atoms with van der Waals surface area (Å²) in [7, 11) is 2.00. The highest BCUT2D eigenvalue weighted by Gasteiger charge is 2.30. The molecule has 1 rings (SSSR count). The Balaban J connectivity index is 2.28. The van der Waals surface area contributed by atoms with Crippen molar-refractivity contribution < 1.29 is 19.8 Å². The minimum absolute atomic E-state index is 0.345. The van der Waals surface area contributed by atoms with Crippen molar-refractivity contribution in [2.24, 2.45) is 0 Å². The zero-order valence-electron chi connectivity index (χ0n) is 10.6. The molecule has 1 fully saturated rings. The first-order valence-electron chi connectivity index (χ1n) is 5.75. The van der Waals surface area contributed by atoms with Crippen LogP contribution in [-0.2, 0) is 4.79 Å². The van der Waals surface area contributed by atoms with Gasteiger partial charge in [-0.2, -0.15) is 0 Å². The maximum atomic E-state index is 11.5. The summed E-state index contributed by atoms with van der Waals surface area (Å²) in [4.78, 5) is 24.2. The Hall–Kier alpha value is -1.38. The molecule has 1 unspecified atom stereocenters. The normalized spacial score (nSPS) is 21.1. The van der Waals surface area contributed by atoms with Crippen molar-refractivity contribution in [1.29, 1.82) is 0 Å². The van der Waals surface area contributed by atoms with Gasteiger partial charge < -0.3 is 20.4 Å². The number of aliphatic carboxylic acids is 1. The fourth-order valence-electron chi connectivity index (χ4n) is 1.43. The Morgan fingerprint density at radius 3 is 2.33 bits per heavy atom. The molecule has 8 heteroatoms. The average Bonchev–Trinajstić information content (AvgIpc) is 2.29. The molecule has 0 aromatic carbocycles. The Morgan fingerprint density at radius 1 is 1.28 bits per heavy atom. The van der Waals surface area contributed by atoms with Gasteiger partial charge in [-0.1, -0.05) is 0 Å². The van der Waals surface area contributed by atoms with Crippen molar-refractivity contribution in [3.8, 4) is 0 Å². The number of nitrogens with one attached hydrogen (secondary N) is 2. The van der Waals surface area contributed by atoms with Gasteiger partial charge in [-0.15, -0.1) is 0 Å². The van der Waals surface area contributed by atoms with Crippen molar-refractivity contribution in [2.45, 2.75) is 12.5 Å². The van der Waals surface area contributed by atoms with Gasteiger partial charge in [0.25, 0.3) is 0 Å². The number of aliphatic hydroxyl groups is 1. The molecule has 8 nitrogen and oxygen atoms in total. The van der Waals surface area contributed by atoms with Crippen LogP contribution in [-0.4, -0.2) is 77.5 Å². The number of carbonyl (C=O) groups is 2. The van der Waals surface area contributed by atoms with Crippen LogP contribution in [0.25, 0.3) is 0 Å². The number of piperazine rings is 1. The van der Waals surface area contributed by atoms with Gasteiger partial charge in [0.1, 0.15) is 0 Å². The second kappa shape index (κ2) is 5.98. The van der Waals surface area contributed by atoms with Crippen molar-refractivity contribution in [1.82, 2.24) is 20.7 Å². The fourth-order valence-corrected chi connectivity index (χ4v) is 1.43. The number of hydrazine groups is 1. The van der Waals surface area contributed by atoms with E-state index in [9.17, 15) is 14.7 Å². The lowest BCUT2D eigenvalue weighted by molar-refractivity contribution is -0.155. The number of carboxylic acid groups (broad SMARTS) is 1. The topological polar surface area (TPSA) is 105 Å². The van der Waals surface area contributed by atoms with Crippen LogP contribution in [0, 0.1) is 0 Å². The molecule has 0 aromatic heterocycles. The predicted octanol–water partition coefficient (Wildman–Crippen LogP) is -1.72. The molecule has 0 bridgehead atoms. The molecule has 2 amide bonds. The maximum absolute atomic E-state index is 11.5. The third-order valence-electron chi connectivity index (χ3n) is 2.82.